The Morgan fingerprint density at radius 3 is 1.71 bits per heavy atom. The van der Waals surface area contributed by atoms with Crippen LogP contribution < -0.4 is 4.90 Å². The van der Waals surface area contributed by atoms with Gasteiger partial charge in [0.05, 0.1) is 11.1 Å². The minimum atomic E-state index is 0.836. The first-order chi connectivity index (χ1) is 24.3. The van der Waals surface area contributed by atoms with Crippen LogP contribution in [0.3, 0.4) is 0 Å². The normalized spacial score (nSPS) is 11.7. The molecule has 8 aromatic carbocycles. The maximum absolute atomic E-state index is 6.61. The minimum absolute atomic E-state index is 0.836. The number of fused-ring (bicyclic) bond motifs is 7. The minimum Gasteiger partial charge on any atom is -0.456 e. The Kier molecular flexibility index (Phi) is 6.18. The molecule has 0 fully saturated rings. The monoisotopic (exact) mass is 627 g/mol. The van der Waals surface area contributed by atoms with E-state index in [1.165, 1.54) is 27.5 Å². The van der Waals surface area contributed by atoms with E-state index in [2.05, 4.69) is 175 Å². The van der Waals surface area contributed by atoms with Gasteiger partial charge >= 0.3 is 0 Å². The van der Waals surface area contributed by atoms with Crippen LogP contribution in [0, 0.1) is 0 Å². The molecule has 0 spiro atoms. The number of nitrogens with zero attached hydrogens (tertiary/aromatic N) is 1. The van der Waals surface area contributed by atoms with Crippen LogP contribution >= 0.6 is 0 Å². The van der Waals surface area contributed by atoms with Crippen LogP contribution in [-0.2, 0) is 0 Å². The molecule has 10 aromatic rings. The molecule has 49 heavy (non-hydrogen) atoms. The SMILES string of the molecule is c1ccc(-c2ccc(N(c3ccc4ccccc4c3)c3cccc4oc5cc6c(cc5c34)oc3cc(-c4ccccc4)ccc36)cc2)cc1. The second-order valence-corrected chi connectivity index (χ2v) is 12.6. The van der Waals surface area contributed by atoms with Crippen molar-refractivity contribution in [2.24, 2.45) is 0 Å². The van der Waals surface area contributed by atoms with Crippen LogP contribution in [0.4, 0.5) is 17.1 Å². The molecule has 230 valence electrons. The smallest absolute Gasteiger partial charge is 0.137 e. The van der Waals surface area contributed by atoms with E-state index in [9.17, 15) is 0 Å². The van der Waals surface area contributed by atoms with Crippen LogP contribution in [0.5, 0.6) is 0 Å². The third-order valence-electron chi connectivity index (χ3n) is 9.64. The molecule has 3 heteroatoms. The van der Waals surface area contributed by atoms with E-state index in [0.29, 0.717) is 0 Å². The predicted molar refractivity (Wildman–Crippen MR) is 204 cm³/mol. The van der Waals surface area contributed by atoms with Crippen LogP contribution in [0.2, 0.25) is 0 Å². The number of rotatable bonds is 5. The summed E-state index contributed by atoms with van der Waals surface area (Å²) in [5, 5.41) is 6.59. The highest BCUT2D eigenvalue weighted by Crippen LogP contribution is 2.45. The summed E-state index contributed by atoms with van der Waals surface area (Å²) in [5.74, 6) is 0. The standard InChI is InChI=1S/C46H29NO2/c1-3-10-30(11-4-1)33-18-22-36(23-19-33)47(37-24-20-32-14-7-8-15-34(32)26-37)41-16-9-17-42-46(41)40-29-44-39(28-45(40)48-42)38-25-21-35(27-43(38)49-44)31-12-5-2-6-13-31/h1-29H. The lowest BCUT2D eigenvalue weighted by atomic mass is 10.0. The van der Waals surface area contributed by atoms with Gasteiger partial charge in [0.25, 0.3) is 0 Å². The summed E-state index contributed by atoms with van der Waals surface area (Å²) in [5.41, 5.74) is 11.2. The van der Waals surface area contributed by atoms with E-state index >= 15 is 0 Å². The molecule has 0 atom stereocenters. The van der Waals surface area contributed by atoms with Crippen molar-refractivity contribution in [3.05, 3.63) is 176 Å². The zero-order valence-electron chi connectivity index (χ0n) is 26.5. The molecule has 0 unspecified atom stereocenters. The van der Waals surface area contributed by atoms with Gasteiger partial charge in [-0.25, -0.2) is 0 Å². The van der Waals surface area contributed by atoms with Crippen molar-refractivity contribution in [2.75, 3.05) is 4.90 Å². The molecule has 0 saturated carbocycles. The van der Waals surface area contributed by atoms with Crippen molar-refractivity contribution in [3.8, 4) is 22.3 Å². The quantitative estimate of drug-likeness (QED) is 0.190. The molecule has 0 aliphatic heterocycles. The van der Waals surface area contributed by atoms with E-state index in [1.54, 1.807) is 0 Å². The fourth-order valence-corrected chi connectivity index (χ4v) is 7.25. The molecule has 0 bridgehead atoms. The van der Waals surface area contributed by atoms with Crippen molar-refractivity contribution >= 4 is 71.7 Å². The van der Waals surface area contributed by atoms with Gasteiger partial charge in [0, 0.05) is 27.5 Å². The Bertz CT molecular complexity index is 2810. The largest absolute Gasteiger partial charge is 0.456 e. The van der Waals surface area contributed by atoms with Crippen molar-refractivity contribution in [3.63, 3.8) is 0 Å². The van der Waals surface area contributed by atoms with Crippen molar-refractivity contribution in [1.29, 1.82) is 0 Å². The molecule has 0 radical (unpaired) electrons. The Morgan fingerprint density at radius 2 is 0.918 bits per heavy atom. The summed E-state index contributed by atoms with van der Waals surface area (Å²) in [6.45, 7) is 0. The highest BCUT2D eigenvalue weighted by Gasteiger charge is 2.21. The molecule has 0 aliphatic carbocycles. The fraction of sp³-hybridized carbons (Fsp3) is 0. The van der Waals surface area contributed by atoms with Crippen LogP contribution in [0.25, 0.3) is 76.9 Å². The fourth-order valence-electron chi connectivity index (χ4n) is 7.25. The second kappa shape index (κ2) is 11.0. The average molecular weight is 628 g/mol. The molecule has 0 saturated heterocycles. The van der Waals surface area contributed by atoms with Gasteiger partial charge in [-0.2, -0.15) is 0 Å². The van der Waals surface area contributed by atoms with Gasteiger partial charge < -0.3 is 13.7 Å². The van der Waals surface area contributed by atoms with Crippen molar-refractivity contribution in [1.82, 2.24) is 0 Å². The lowest BCUT2D eigenvalue weighted by Crippen LogP contribution is -2.10. The lowest BCUT2D eigenvalue weighted by molar-refractivity contribution is 0.664. The second-order valence-electron chi connectivity index (χ2n) is 12.6. The number of hydrogen-bond acceptors (Lipinski definition) is 3. The summed E-state index contributed by atoms with van der Waals surface area (Å²) in [4.78, 5) is 2.34. The molecule has 2 aromatic heterocycles. The van der Waals surface area contributed by atoms with E-state index in [0.717, 1.165) is 66.5 Å². The molecular weight excluding hydrogens is 599 g/mol. The topological polar surface area (TPSA) is 29.5 Å². The summed E-state index contributed by atoms with van der Waals surface area (Å²) >= 11 is 0. The van der Waals surface area contributed by atoms with Crippen molar-refractivity contribution < 1.29 is 8.83 Å². The molecule has 0 aliphatic rings. The molecule has 3 nitrogen and oxygen atoms in total. The Hall–Kier alpha value is -6.58. The number of anilines is 3. The first kappa shape index (κ1) is 27.5. The lowest BCUT2D eigenvalue weighted by Gasteiger charge is -2.27. The molecule has 0 N–H and O–H groups in total. The Morgan fingerprint density at radius 1 is 0.327 bits per heavy atom. The van der Waals surface area contributed by atoms with E-state index in [4.69, 9.17) is 8.83 Å². The number of furan rings is 2. The van der Waals surface area contributed by atoms with E-state index < -0.39 is 0 Å². The summed E-state index contributed by atoms with van der Waals surface area (Å²) in [6, 6.07) is 62.0. The predicted octanol–water partition coefficient (Wildman–Crippen LogP) is 13.4. The van der Waals surface area contributed by atoms with E-state index in [-0.39, 0.29) is 0 Å². The van der Waals surface area contributed by atoms with Crippen LogP contribution in [0.1, 0.15) is 0 Å². The molecule has 10 rings (SSSR count). The zero-order chi connectivity index (χ0) is 32.3. The molecule has 0 amide bonds. The van der Waals surface area contributed by atoms with Gasteiger partial charge in [-0.1, -0.05) is 115 Å². The third kappa shape index (κ3) is 4.59. The molecular formula is C46H29NO2. The Balaban J connectivity index is 1.18. The maximum atomic E-state index is 6.61. The van der Waals surface area contributed by atoms with Gasteiger partial charge in [-0.15, -0.1) is 0 Å². The zero-order valence-corrected chi connectivity index (χ0v) is 26.5. The van der Waals surface area contributed by atoms with Crippen LogP contribution in [-0.4, -0.2) is 0 Å². The number of hydrogen-bond donors (Lipinski definition) is 0. The highest BCUT2D eigenvalue weighted by atomic mass is 16.3. The van der Waals surface area contributed by atoms with Gasteiger partial charge in [0.2, 0.25) is 0 Å². The van der Waals surface area contributed by atoms with Crippen LogP contribution in [0.15, 0.2) is 185 Å². The van der Waals surface area contributed by atoms with Gasteiger partial charge in [0.15, 0.2) is 0 Å². The summed E-state index contributed by atoms with van der Waals surface area (Å²) in [7, 11) is 0. The van der Waals surface area contributed by atoms with Gasteiger partial charge in [0.1, 0.15) is 22.3 Å². The average Bonchev–Trinajstić information content (AvgIpc) is 3.72. The van der Waals surface area contributed by atoms with Gasteiger partial charge in [-0.3, -0.25) is 0 Å². The van der Waals surface area contributed by atoms with Crippen molar-refractivity contribution in [2.45, 2.75) is 0 Å². The Labute approximate surface area is 282 Å². The number of benzene rings is 8. The van der Waals surface area contributed by atoms with E-state index in [1.807, 2.05) is 6.07 Å². The third-order valence-corrected chi connectivity index (χ3v) is 9.64. The first-order valence-electron chi connectivity index (χ1n) is 16.6. The van der Waals surface area contributed by atoms with Gasteiger partial charge in [-0.05, 0) is 93.7 Å². The molecule has 2 heterocycles. The summed E-state index contributed by atoms with van der Waals surface area (Å²) < 4.78 is 13.2. The maximum Gasteiger partial charge on any atom is 0.137 e. The highest BCUT2D eigenvalue weighted by molar-refractivity contribution is 6.19. The first-order valence-corrected chi connectivity index (χ1v) is 16.6. The summed E-state index contributed by atoms with van der Waals surface area (Å²) in [6.07, 6.45) is 0.